The molecule has 0 bridgehead atoms. The second kappa shape index (κ2) is 6.45. The number of carbonyl (C=O) groups is 1. The van der Waals surface area contributed by atoms with Crippen LogP contribution in [0.1, 0.15) is 33.5 Å². The highest BCUT2D eigenvalue weighted by molar-refractivity contribution is 5.96. The molecule has 3 aromatic rings. The molecular weight excluding hydrogens is 327 g/mol. The summed E-state index contributed by atoms with van der Waals surface area (Å²) in [5.74, 6) is -0.172. The Morgan fingerprint density at radius 2 is 1.96 bits per heavy atom. The van der Waals surface area contributed by atoms with Crippen molar-refractivity contribution in [3.8, 4) is 0 Å². The van der Waals surface area contributed by atoms with Crippen LogP contribution in [0.25, 0.3) is 16.5 Å². The van der Waals surface area contributed by atoms with Crippen LogP contribution < -0.4 is 0 Å². The lowest BCUT2D eigenvalue weighted by atomic mass is 9.98. The molecule has 0 saturated heterocycles. The number of nitrogens with one attached hydrogen (secondary N) is 1. The normalized spacial score (nSPS) is 14.6. The lowest BCUT2D eigenvalue weighted by Gasteiger charge is -2.27. The standard InChI is InChI=1S/C22H21FN2O/c1-14-3-4-17(11-15(14)2)22(26)25-9-7-16(8-10-25)20-13-24-21-6-5-18(23)12-19(20)21/h3-7,11-13,24H,8-10H2,1-2H3. The second-order valence-electron chi connectivity index (χ2n) is 6.92. The maximum absolute atomic E-state index is 13.6. The number of halogens is 1. The Morgan fingerprint density at radius 1 is 1.12 bits per heavy atom. The minimum absolute atomic E-state index is 0.0633. The molecule has 1 aliphatic rings. The molecule has 2 aromatic carbocycles. The number of fused-ring (bicyclic) bond motifs is 1. The molecule has 1 amide bonds. The number of aromatic nitrogens is 1. The monoisotopic (exact) mass is 348 g/mol. The quantitative estimate of drug-likeness (QED) is 0.706. The number of H-pyrrole nitrogens is 1. The van der Waals surface area contributed by atoms with E-state index in [2.05, 4.69) is 11.1 Å². The van der Waals surface area contributed by atoms with Crippen LogP contribution in [-0.2, 0) is 0 Å². The minimum atomic E-state index is -0.235. The van der Waals surface area contributed by atoms with E-state index in [1.165, 1.54) is 11.6 Å². The van der Waals surface area contributed by atoms with Gasteiger partial charge in [0.25, 0.3) is 5.91 Å². The van der Waals surface area contributed by atoms with E-state index in [1.54, 1.807) is 12.1 Å². The molecule has 132 valence electrons. The maximum Gasteiger partial charge on any atom is 0.254 e. The van der Waals surface area contributed by atoms with Crippen molar-refractivity contribution in [2.24, 2.45) is 0 Å². The van der Waals surface area contributed by atoms with Gasteiger partial charge in [0.2, 0.25) is 0 Å². The third kappa shape index (κ3) is 2.92. The molecule has 0 radical (unpaired) electrons. The first kappa shape index (κ1) is 16.6. The highest BCUT2D eigenvalue weighted by Gasteiger charge is 2.21. The highest BCUT2D eigenvalue weighted by Crippen LogP contribution is 2.30. The zero-order valence-corrected chi connectivity index (χ0v) is 15.0. The molecule has 2 heterocycles. The molecule has 26 heavy (non-hydrogen) atoms. The van der Waals surface area contributed by atoms with Crippen LogP contribution in [0.15, 0.2) is 48.7 Å². The van der Waals surface area contributed by atoms with Crippen molar-refractivity contribution in [1.29, 1.82) is 0 Å². The average molecular weight is 348 g/mol. The Morgan fingerprint density at radius 3 is 2.69 bits per heavy atom. The second-order valence-corrected chi connectivity index (χ2v) is 6.92. The van der Waals surface area contributed by atoms with Crippen molar-refractivity contribution < 1.29 is 9.18 Å². The maximum atomic E-state index is 13.6. The fourth-order valence-electron chi connectivity index (χ4n) is 3.51. The van der Waals surface area contributed by atoms with Gasteiger partial charge in [-0.25, -0.2) is 4.39 Å². The van der Waals surface area contributed by atoms with Gasteiger partial charge in [0.1, 0.15) is 5.82 Å². The summed E-state index contributed by atoms with van der Waals surface area (Å²) < 4.78 is 13.6. The number of benzene rings is 2. The van der Waals surface area contributed by atoms with Crippen molar-refractivity contribution in [2.75, 3.05) is 13.1 Å². The minimum Gasteiger partial charge on any atom is -0.361 e. The predicted molar refractivity (Wildman–Crippen MR) is 103 cm³/mol. The molecule has 0 spiro atoms. The van der Waals surface area contributed by atoms with Gasteiger partial charge in [-0.05, 0) is 67.3 Å². The summed E-state index contributed by atoms with van der Waals surface area (Å²) >= 11 is 0. The molecule has 0 aliphatic carbocycles. The predicted octanol–water partition coefficient (Wildman–Crippen LogP) is 4.85. The van der Waals surface area contributed by atoms with Gasteiger partial charge in [0, 0.05) is 41.3 Å². The number of hydrogen-bond acceptors (Lipinski definition) is 1. The molecule has 1 aliphatic heterocycles. The fourth-order valence-corrected chi connectivity index (χ4v) is 3.51. The van der Waals surface area contributed by atoms with Gasteiger partial charge in [-0.1, -0.05) is 12.1 Å². The van der Waals surface area contributed by atoms with Gasteiger partial charge in [-0.3, -0.25) is 4.79 Å². The Labute approximate surface area is 152 Å². The molecule has 1 aromatic heterocycles. The zero-order chi connectivity index (χ0) is 18.3. The number of hydrogen-bond donors (Lipinski definition) is 1. The number of rotatable bonds is 2. The summed E-state index contributed by atoms with van der Waals surface area (Å²) in [4.78, 5) is 17.8. The first-order chi connectivity index (χ1) is 12.5. The third-order valence-electron chi connectivity index (χ3n) is 5.24. The van der Waals surface area contributed by atoms with Crippen molar-refractivity contribution in [1.82, 2.24) is 9.88 Å². The van der Waals surface area contributed by atoms with Crippen molar-refractivity contribution in [3.05, 3.63) is 76.7 Å². The van der Waals surface area contributed by atoms with E-state index in [0.717, 1.165) is 39.6 Å². The van der Waals surface area contributed by atoms with Gasteiger partial charge in [0.05, 0.1) is 0 Å². The van der Waals surface area contributed by atoms with Crippen LogP contribution in [-0.4, -0.2) is 28.9 Å². The smallest absolute Gasteiger partial charge is 0.254 e. The largest absolute Gasteiger partial charge is 0.361 e. The number of aromatic amines is 1. The number of carbonyl (C=O) groups excluding carboxylic acids is 1. The highest BCUT2D eigenvalue weighted by atomic mass is 19.1. The van der Waals surface area contributed by atoms with Gasteiger partial charge in [-0.2, -0.15) is 0 Å². The van der Waals surface area contributed by atoms with E-state index in [0.29, 0.717) is 13.1 Å². The topological polar surface area (TPSA) is 36.1 Å². The molecule has 4 rings (SSSR count). The average Bonchev–Trinajstić information content (AvgIpc) is 3.06. The zero-order valence-electron chi connectivity index (χ0n) is 15.0. The van der Waals surface area contributed by atoms with Gasteiger partial charge in [-0.15, -0.1) is 0 Å². The van der Waals surface area contributed by atoms with Crippen molar-refractivity contribution >= 4 is 22.4 Å². The molecule has 0 atom stereocenters. The van der Waals surface area contributed by atoms with Gasteiger partial charge >= 0.3 is 0 Å². The Balaban J connectivity index is 1.56. The van der Waals surface area contributed by atoms with Crippen molar-refractivity contribution in [3.63, 3.8) is 0 Å². The van der Waals surface area contributed by atoms with Crippen LogP contribution in [0.4, 0.5) is 4.39 Å². The Hall–Kier alpha value is -2.88. The molecule has 4 heteroatoms. The van der Waals surface area contributed by atoms with Crippen molar-refractivity contribution in [2.45, 2.75) is 20.3 Å². The van der Waals surface area contributed by atoms with Gasteiger partial charge in [0.15, 0.2) is 0 Å². The van der Waals surface area contributed by atoms with E-state index in [-0.39, 0.29) is 11.7 Å². The summed E-state index contributed by atoms with van der Waals surface area (Å²) in [6, 6.07) is 10.6. The lowest BCUT2D eigenvalue weighted by molar-refractivity contribution is 0.0773. The summed E-state index contributed by atoms with van der Waals surface area (Å²) in [6.45, 7) is 5.31. The van der Waals surface area contributed by atoms with Crippen LogP contribution in [0.3, 0.4) is 0 Å². The molecule has 0 unspecified atom stereocenters. The first-order valence-electron chi connectivity index (χ1n) is 8.85. The molecule has 0 fully saturated rings. The van der Waals surface area contributed by atoms with Crippen LogP contribution in [0.2, 0.25) is 0 Å². The van der Waals surface area contributed by atoms with Crippen LogP contribution >= 0.6 is 0 Å². The summed E-state index contributed by atoms with van der Waals surface area (Å²) in [5, 5.41) is 0.894. The lowest BCUT2D eigenvalue weighted by Crippen LogP contribution is -2.34. The summed E-state index contributed by atoms with van der Waals surface area (Å²) in [7, 11) is 0. The number of aryl methyl sites for hydroxylation is 2. The Kier molecular flexibility index (Phi) is 4.11. The molecular formula is C22H21FN2O. The third-order valence-corrected chi connectivity index (χ3v) is 5.24. The SMILES string of the molecule is Cc1ccc(C(=O)N2CC=C(c3c[nH]c4ccc(F)cc34)CC2)cc1C. The molecule has 0 saturated carbocycles. The Bertz CT molecular complexity index is 1030. The van der Waals surface area contributed by atoms with E-state index in [1.807, 2.05) is 43.1 Å². The van der Waals surface area contributed by atoms with Crippen LogP contribution in [0.5, 0.6) is 0 Å². The number of nitrogens with zero attached hydrogens (tertiary/aromatic N) is 1. The van der Waals surface area contributed by atoms with Crippen LogP contribution in [0, 0.1) is 19.7 Å². The fraction of sp³-hybridized carbons (Fsp3) is 0.227. The molecule has 1 N–H and O–H groups in total. The van der Waals surface area contributed by atoms with E-state index in [4.69, 9.17) is 0 Å². The first-order valence-corrected chi connectivity index (χ1v) is 8.85. The van der Waals surface area contributed by atoms with E-state index in [9.17, 15) is 9.18 Å². The summed E-state index contributed by atoms with van der Waals surface area (Å²) in [6.07, 6.45) is 4.77. The summed E-state index contributed by atoms with van der Waals surface area (Å²) in [5.41, 5.74) is 6.16. The van der Waals surface area contributed by atoms with Gasteiger partial charge < -0.3 is 9.88 Å². The van der Waals surface area contributed by atoms with E-state index < -0.39 is 0 Å². The molecule has 3 nitrogen and oxygen atoms in total. The van der Waals surface area contributed by atoms with E-state index >= 15 is 0 Å². The number of amides is 1.